The van der Waals surface area contributed by atoms with Crippen LogP contribution in [0.4, 0.5) is 11.4 Å². The highest BCUT2D eigenvalue weighted by atomic mass is 79.9. The van der Waals surface area contributed by atoms with Crippen LogP contribution in [-0.4, -0.2) is 16.9 Å². The number of nitrogens with one attached hydrogen (secondary N) is 3. The highest BCUT2D eigenvalue weighted by Gasteiger charge is 2.11. The van der Waals surface area contributed by atoms with Crippen LogP contribution in [0, 0.1) is 0 Å². The highest BCUT2D eigenvalue weighted by molar-refractivity contribution is 9.10. The minimum atomic E-state index is -0.305. The van der Waals surface area contributed by atoms with E-state index in [1.165, 1.54) is 0 Å². The Bertz CT molecular complexity index is 826. The summed E-state index contributed by atoms with van der Waals surface area (Å²) in [6, 6.07) is 14.3. The van der Waals surface area contributed by atoms with E-state index in [1.807, 2.05) is 24.3 Å². The fraction of sp³-hybridized carbons (Fsp3) is 0.250. The molecule has 0 heterocycles. The van der Waals surface area contributed by atoms with Gasteiger partial charge in [-0.2, -0.15) is 0 Å². The van der Waals surface area contributed by atoms with Gasteiger partial charge in [0.2, 0.25) is 5.91 Å². The lowest BCUT2D eigenvalue weighted by atomic mass is 10.2. The maximum absolute atomic E-state index is 12.3. The Morgan fingerprint density at radius 1 is 1.00 bits per heavy atom. The third kappa shape index (κ3) is 7.11. The Morgan fingerprint density at radius 2 is 1.70 bits per heavy atom. The molecule has 0 aliphatic rings. The van der Waals surface area contributed by atoms with Crippen molar-refractivity contribution in [2.75, 3.05) is 10.6 Å². The molecule has 0 aromatic heterocycles. The zero-order valence-electron chi connectivity index (χ0n) is 15.0. The maximum Gasteiger partial charge on any atom is 0.258 e. The molecule has 0 fully saturated rings. The van der Waals surface area contributed by atoms with Crippen molar-refractivity contribution < 1.29 is 9.59 Å². The van der Waals surface area contributed by atoms with Crippen LogP contribution in [0.3, 0.4) is 0 Å². The molecule has 0 unspecified atom stereocenters. The minimum Gasteiger partial charge on any atom is -0.332 e. The van der Waals surface area contributed by atoms with Crippen molar-refractivity contribution in [1.82, 2.24) is 5.32 Å². The van der Waals surface area contributed by atoms with Crippen LogP contribution in [0.1, 0.15) is 43.0 Å². The summed E-state index contributed by atoms with van der Waals surface area (Å²) < 4.78 is 0.693. The third-order valence-electron chi connectivity index (χ3n) is 3.76. The molecule has 0 bridgehead atoms. The molecule has 5 nitrogen and oxygen atoms in total. The number of carbonyl (C=O) groups excluding carboxylic acids is 2. The molecule has 0 atom stereocenters. The van der Waals surface area contributed by atoms with E-state index in [0.717, 1.165) is 19.3 Å². The number of anilines is 2. The standard InChI is InChI=1S/C20H22BrN3O2S/c1-2-3-4-12-18(25)22-14-8-7-9-15(13-14)23-20(27)24-19(26)16-10-5-6-11-17(16)21/h5-11,13H,2-4,12H2,1H3,(H,22,25)(H2,23,24,26,27). The monoisotopic (exact) mass is 447 g/mol. The van der Waals surface area contributed by atoms with E-state index in [2.05, 4.69) is 38.8 Å². The molecule has 0 spiro atoms. The van der Waals surface area contributed by atoms with Gasteiger partial charge in [-0.1, -0.05) is 38.0 Å². The molecule has 2 aromatic rings. The summed E-state index contributed by atoms with van der Waals surface area (Å²) in [6.45, 7) is 2.10. The first-order valence-corrected chi connectivity index (χ1v) is 9.96. The van der Waals surface area contributed by atoms with Gasteiger partial charge >= 0.3 is 0 Å². The lowest BCUT2D eigenvalue weighted by Gasteiger charge is -2.12. The summed E-state index contributed by atoms with van der Waals surface area (Å²) in [5.74, 6) is -0.314. The number of carbonyl (C=O) groups is 2. The fourth-order valence-electron chi connectivity index (χ4n) is 2.41. The maximum atomic E-state index is 12.3. The zero-order valence-corrected chi connectivity index (χ0v) is 17.5. The Labute approximate surface area is 173 Å². The second kappa shape index (κ2) is 10.8. The fourth-order valence-corrected chi connectivity index (χ4v) is 3.09. The Morgan fingerprint density at radius 3 is 2.41 bits per heavy atom. The van der Waals surface area contributed by atoms with Crippen molar-refractivity contribution in [3.8, 4) is 0 Å². The number of halogens is 1. The average Bonchev–Trinajstić information content (AvgIpc) is 2.62. The molecule has 0 radical (unpaired) electrons. The van der Waals surface area contributed by atoms with Crippen LogP contribution >= 0.6 is 28.1 Å². The van der Waals surface area contributed by atoms with E-state index in [-0.39, 0.29) is 16.9 Å². The molecule has 2 amide bonds. The van der Waals surface area contributed by atoms with Gasteiger partial charge in [0.25, 0.3) is 5.91 Å². The lowest BCUT2D eigenvalue weighted by molar-refractivity contribution is -0.116. The number of hydrogen-bond acceptors (Lipinski definition) is 3. The third-order valence-corrected chi connectivity index (χ3v) is 4.65. The predicted octanol–water partition coefficient (Wildman–Crippen LogP) is 5.09. The van der Waals surface area contributed by atoms with Crippen LogP contribution in [0.5, 0.6) is 0 Å². The van der Waals surface area contributed by atoms with Crippen LogP contribution in [-0.2, 0) is 4.79 Å². The topological polar surface area (TPSA) is 70.2 Å². The normalized spacial score (nSPS) is 10.1. The molecule has 0 saturated heterocycles. The lowest BCUT2D eigenvalue weighted by Crippen LogP contribution is -2.34. The van der Waals surface area contributed by atoms with Crippen molar-refractivity contribution in [2.45, 2.75) is 32.6 Å². The quantitative estimate of drug-likeness (QED) is 0.408. The van der Waals surface area contributed by atoms with Gasteiger partial charge in [0, 0.05) is 22.3 Å². The van der Waals surface area contributed by atoms with Crippen molar-refractivity contribution in [3.05, 3.63) is 58.6 Å². The number of unbranched alkanes of at least 4 members (excludes halogenated alkanes) is 2. The van der Waals surface area contributed by atoms with E-state index in [9.17, 15) is 9.59 Å². The zero-order chi connectivity index (χ0) is 19.6. The average molecular weight is 448 g/mol. The molecule has 0 aliphatic carbocycles. The van der Waals surface area contributed by atoms with Crippen LogP contribution in [0.15, 0.2) is 53.0 Å². The first-order chi connectivity index (χ1) is 13.0. The molecular weight excluding hydrogens is 426 g/mol. The minimum absolute atomic E-state index is 0.00888. The molecule has 2 rings (SSSR count). The Kier molecular flexibility index (Phi) is 8.42. The highest BCUT2D eigenvalue weighted by Crippen LogP contribution is 2.17. The number of hydrogen-bond donors (Lipinski definition) is 3. The van der Waals surface area contributed by atoms with Gasteiger partial charge in [0.05, 0.1) is 5.56 Å². The number of rotatable bonds is 7. The first-order valence-electron chi connectivity index (χ1n) is 8.76. The summed E-state index contributed by atoms with van der Waals surface area (Å²) in [6.07, 6.45) is 3.51. The second-order valence-electron chi connectivity index (χ2n) is 5.97. The van der Waals surface area contributed by atoms with Gasteiger partial charge in [-0.3, -0.25) is 14.9 Å². The molecule has 3 N–H and O–H groups in total. The van der Waals surface area contributed by atoms with Crippen molar-refractivity contribution in [1.29, 1.82) is 0 Å². The molecule has 0 aliphatic heterocycles. The molecule has 27 heavy (non-hydrogen) atoms. The van der Waals surface area contributed by atoms with E-state index in [4.69, 9.17) is 12.2 Å². The van der Waals surface area contributed by atoms with Crippen molar-refractivity contribution in [3.63, 3.8) is 0 Å². The van der Waals surface area contributed by atoms with Crippen molar-refractivity contribution in [2.24, 2.45) is 0 Å². The Hall–Kier alpha value is -2.25. The molecular formula is C20H22BrN3O2S. The van der Waals surface area contributed by atoms with Gasteiger partial charge in [-0.15, -0.1) is 0 Å². The van der Waals surface area contributed by atoms with Crippen LogP contribution in [0.25, 0.3) is 0 Å². The van der Waals surface area contributed by atoms with Crippen LogP contribution in [0.2, 0.25) is 0 Å². The Balaban J connectivity index is 1.91. The summed E-state index contributed by atoms with van der Waals surface area (Å²) in [5, 5.41) is 8.66. The molecule has 7 heteroatoms. The first kappa shape index (κ1) is 21.1. The molecule has 0 saturated carbocycles. The number of benzene rings is 2. The number of thiocarbonyl (C=S) groups is 1. The van der Waals surface area contributed by atoms with E-state index >= 15 is 0 Å². The van der Waals surface area contributed by atoms with Gasteiger partial charge in [0.15, 0.2) is 5.11 Å². The van der Waals surface area contributed by atoms with Gasteiger partial charge in [-0.25, -0.2) is 0 Å². The van der Waals surface area contributed by atoms with E-state index in [0.29, 0.717) is 27.8 Å². The van der Waals surface area contributed by atoms with E-state index < -0.39 is 0 Å². The second-order valence-corrected chi connectivity index (χ2v) is 7.24. The summed E-state index contributed by atoms with van der Waals surface area (Å²) >= 11 is 8.56. The summed E-state index contributed by atoms with van der Waals surface area (Å²) in [5.41, 5.74) is 1.86. The molecule has 2 aromatic carbocycles. The van der Waals surface area contributed by atoms with Gasteiger partial charge < -0.3 is 10.6 Å². The predicted molar refractivity (Wildman–Crippen MR) is 117 cm³/mol. The SMILES string of the molecule is CCCCCC(=O)Nc1cccc(NC(=S)NC(=O)c2ccccc2Br)c1. The smallest absolute Gasteiger partial charge is 0.258 e. The van der Waals surface area contributed by atoms with Gasteiger partial charge in [0.1, 0.15) is 0 Å². The van der Waals surface area contributed by atoms with Crippen LogP contribution < -0.4 is 16.0 Å². The van der Waals surface area contributed by atoms with Crippen molar-refractivity contribution >= 4 is 56.4 Å². The van der Waals surface area contributed by atoms with Gasteiger partial charge in [-0.05, 0) is 64.9 Å². The summed E-state index contributed by atoms with van der Waals surface area (Å²) in [7, 11) is 0. The largest absolute Gasteiger partial charge is 0.332 e. The molecule has 142 valence electrons. The summed E-state index contributed by atoms with van der Waals surface area (Å²) in [4.78, 5) is 24.2. The van der Waals surface area contributed by atoms with E-state index in [1.54, 1.807) is 24.3 Å². The number of amides is 2.